The van der Waals surface area contributed by atoms with Gasteiger partial charge in [-0.3, -0.25) is 0 Å². The van der Waals surface area contributed by atoms with Gasteiger partial charge in [-0.05, 0) is 55.5 Å². The Balaban J connectivity index is 2.17. The molecule has 116 valence electrons. The molecule has 1 aromatic rings. The zero-order valence-corrected chi connectivity index (χ0v) is 13.6. The summed E-state index contributed by atoms with van der Waals surface area (Å²) in [5.41, 5.74) is 2.27. The van der Waals surface area contributed by atoms with Crippen LogP contribution in [-0.4, -0.2) is 13.1 Å². The maximum absolute atomic E-state index is 13.5. The fourth-order valence-electron chi connectivity index (χ4n) is 3.07. The lowest BCUT2D eigenvalue weighted by atomic mass is 9.83. The predicted molar refractivity (Wildman–Crippen MR) is 89.1 cm³/mol. The van der Waals surface area contributed by atoms with E-state index in [1.807, 2.05) is 6.07 Å². The molecule has 0 saturated heterocycles. The SMILES string of the molecule is CCCNC/C(=C/c1cc(F)cc(Cl)c1)C1CCCCC1. The summed E-state index contributed by atoms with van der Waals surface area (Å²) in [7, 11) is 0. The van der Waals surface area contributed by atoms with Crippen LogP contribution in [0.1, 0.15) is 51.0 Å². The van der Waals surface area contributed by atoms with Crippen molar-refractivity contribution in [2.75, 3.05) is 13.1 Å². The van der Waals surface area contributed by atoms with Gasteiger partial charge in [0.05, 0.1) is 0 Å². The first kappa shape index (κ1) is 16.5. The molecule has 0 aliphatic heterocycles. The van der Waals surface area contributed by atoms with Gasteiger partial charge in [0.1, 0.15) is 5.82 Å². The standard InChI is InChI=1S/C18H25ClFN/c1-2-8-21-13-16(15-6-4-3-5-7-15)9-14-10-17(19)12-18(20)11-14/h9-12,15,21H,2-8,13H2,1H3/b16-9-. The van der Waals surface area contributed by atoms with Crippen molar-refractivity contribution in [1.29, 1.82) is 0 Å². The van der Waals surface area contributed by atoms with Gasteiger partial charge in [0.25, 0.3) is 0 Å². The lowest BCUT2D eigenvalue weighted by molar-refractivity contribution is 0.396. The van der Waals surface area contributed by atoms with E-state index in [0.717, 1.165) is 25.1 Å². The van der Waals surface area contributed by atoms with Crippen molar-refractivity contribution in [1.82, 2.24) is 5.32 Å². The molecule has 0 unspecified atom stereocenters. The van der Waals surface area contributed by atoms with E-state index in [9.17, 15) is 4.39 Å². The molecule has 1 aliphatic carbocycles. The first-order valence-corrected chi connectivity index (χ1v) is 8.44. The second kappa shape index (κ2) is 8.55. The summed E-state index contributed by atoms with van der Waals surface area (Å²) in [6.07, 6.45) is 9.72. The highest BCUT2D eigenvalue weighted by Crippen LogP contribution is 2.31. The molecule has 0 bridgehead atoms. The van der Waals surface area contributed by atoms with Crippen molar-refractivity contribution in [2.45, 2.75) is 45.4 Å². The molecule has 0 atom stereocenters. The molecule has 1 N–H and O–H groups in total. The van der Waals surface area contributed by atoms with E-state index >= 15 is 0 Å². The molecule has 2 rings (SSSR count). The molecule has 0 amide bonds. The Morgan fingerprint density at radius 1 is 1.29 bits per heavy atom. The van der Waals surface area contributed by atoms with E-state index in [1.165, 1.54) is 43.7 Å². The van der Waals surface area contributed by atoms with E-state index in [-0.39, 0.29) is 5.82 Å². The van der Waals surface area contributed by atoms with Gasteiger partial charge >= 0.3 is 0 Å². The molecule has 1 fully saturated rings. The van der Waals surface area contributed by atoms with Crippen LogP contribution >= 0.6 is 11.6 Å². The molecule has 1 aromatic carbocycles. The van der Waals surface area contributed by atoms with Crippen molar-refractivity contribution in [3.8, 4) is 0 Å². The smallest absolute Gasteiger partial charge is 0.125 e. The van der Waals surface area contributed by atoms with Crippen LogP contribution in [0.25, 0.3) is 6.08 Å². The third kappa shape index (κ3) is 5.44. The number of nitrogens with one attached hydrogen (secondary N) is 1. The summed E-state index contributed by atoms with van der Waals surface area (Å²) >= 11 is 5.96. The molecular weight excluding hydrogens is 285 g/mol. The fraction of sp³-hybridized carbons (Fsp3) is 0.556. The second-order valence-corrected chi connectivity index (χ2v) is 6.37. The minimum atomic E-state index is -0.265. The number of benzene rings is 1. The van der Waals surface area contributed by atoms with Crippen LogP contribution in [0, 0.1) is 11.7 Å². The Hall–Kier alpha value is -0.860. The highest BCUT2D eigenvalue weighted by molar-refractivity contribution is 6.30. The summed E-state index contributed by atoms with van der Waals surface area (Å²) in [4.78, 5) is 0. The molecular formula is C18H25ClFN. The minimum Gasteiger partial charge on any atom is -0.313 e. The number of rotatable bonds is 6. The summed E-state index contributed by atoms with van der Waals surface area (Å²) in [6.45, 7) is 4.09. The first-order valence-electron chi connectivity index (χ1n) is 8.06. The van der Waals surface area contributed by atoms with E-state index in [4.69, 9.17) is 11.6 Å². The molecule has 3 heteroatoms. The molecule has 21 heavy (non-hydrogen) atoms. The van der Waals surface area contributed by atoms with Gasteiger partial charge in [-0.15, -0.1) is 0 Å². The zero-order chi connectivity index (χ0) is 15.1. The monoisotopic (exact) mass is 309 g/mol. The average Bonchev–Trinajstić information content (AvgIpc) is 2.46. The van der Waals surface area contributed by atoms with Crippen LogP contribution in [0.15, 0.2) is 23.8 Å². The van der Waals surface area contributed by atoms with Crippen LogP contribution in [0.4, 0.5) is 4.39 Å². The molecule has 1 aliphatic rings. The van der Waals surface area contributed by atoms with Crippen LogP contribution < -0.4 is 5.32 Å². The Bertz CT molecular complexity index is 458. The van der Waals surface area contributed by atoms with Gasteiger partial charge in [-0.25, -0.2) is 4.39 Å². The van der Waals surface area contributed by atoms with E-state index in [0.29, 0.717) is 10.9 Å². The van der Waals surface area contributed by atoms with Crippen molar-refractivity contribution in [3.63, 3.8) is 0 Å². The van der Waals surface area contributed by atoms with E-state index in [1.54, 1.807) is 6.07 Å². The summed E-state index contributed by atoms with van der Waals surface area (Å²) in [5, 5.41) is 3.95. The lowest BCUT2D eigenvalue weighted by Gasteiger charge is -2.25. The molecule has 1 nitrogen and oxygen atoms in total. The van der Waals surface area contributed by atoms with Gasteiger partial charge in [0.2, 0.25) is 0 Å². The largest absolute Gasteiger partial charge is 0.313 e. The highest BCUT2D eigenvalue weighted by atomic mass is 35.5. The molecule has 0 spiro atoms. The molecule has 1 saturated carbocycles. The topological polar surface area (TPSA) is 12.0 Å². The van der Waals surface area contributed by atoms with Gasteiger partial charge in [0, 0.05) is 11.6 Å². The third-order valence-electron chi connectivity index (χ3n) is 4.12. The van der Waals surface area contributed by atoms with Crippen molar-refractivity contribution in [3.05, 3.63) is 40.2 Å². The Labute approximate surface area is 132 Å². The van der Waals surface area contributed by atoms with Gasteiger partial charge in [-0.1, -0.05) is 49.4 Å². The quantitative estimate of drug-likeness (QED) is 0.690. The first-order chi connectivity index (χ1) is 10.2. The Kier molecular flexibility index (Phi) is 6.72. The Morgan fingerprint density at radius 2 is 2.05 bits per heavy atom. The summed E-state index contributed by atoms with van der Waals surface area (Å²) in [6, 6.07) is 4.76. The van der Waals surface area contributed by atoms with Crippen molar-refractivity contribution in [2.24, 2.45) is 5.92 Å². The van der Waals surface area contributed by atoms with Crippen molar-refractivity contribution < 1.29 is 4.39 Å². The van der Waals surface area contributed by atoms with Crippen LogP contribution in [0.3, 0.4) is 0 Å². The van der Waals surface area contributed by atoms with Gasteiger partial charge < -0.3 is 5.32 Å². The van der Waals surface area contributed by atoms with Crippen LogP contribution in [0.5, 0.6) is 0 Å². The number of hydrogen-bond donors (Lipinski definition) is 1. The highest BCUT2D eigenvalue weighted by Gasteiger charge is 2.17. The number of hydrogen-bond acceptors (Lipinski definition) is 1. The average molecular weight is 310 g/mol. The van der Waals surface area contributed by atoms with E-state index in [2.05, 4.69) is 18.3 Å². The van der Waals surface area contributed by atoms with E-state index < -0.39 is 0 Å². The number of halogens is 2. The zero-order valence-electron chi connectivity index (χ0n) is 12.8. The van der Waals surface area contributed by atoms with Crippen molar-refractivity contribution >= 4 is 17.7 Å². The second-order valence-electron chi connectivity index (χ2n) is 5.93. The maximum atomic E-state index is 13.5. The molecule has 0 aromatic heterocycles. The molecule has 0 heterocycles. The van der Waals surface area contributed by atoms with Gasteiger partial charge in [-0.2, -0.15) is 0 Å². The predicted octanol–water partition coefficient (Wildman–Crippen LogP) is 5.44. The van der Waals surface area contributed by atoms with Crippen LogP contribution in [0.2, 0.25) is 5.02 Å². The Morgan fingerprint density at radius 3 is 2.71 bits per heavy atom. The van der Waals surface area contributed by atoms with Gasteiger partial charge in [0.15, 0.2) is 0 Å². The third-order valence-corrected chi connectivity index (χ3v) is 4.34. The summed E-state index contributed by atoms with van der Waals surface area (Å²) in [5.74, 6) is 0.364. The normalized spacial score (nSPS) is 17.2. The fourth-order valence-corrected chi connectivity index (χ4v) is 3.30. The summed E-state index contributed by atoms with van der Waals surface area (Å²) < 4.78 is 13.5. The lowest BCUT2D eigenvalue weighted by Crippen LogP contribution is -2.23. The molecule has 0 radical (unpaired) electrons. The maximum Gasteiger partial charge on any atom is 0.125 e. The minimum absolute atomic E-state index is 0.265. The van der Waals surface area contributed by atoms with Crippen LogP contribution in [-0.2, 0) is 0 Å².